The van der Waals surface area contributed by atoms with Gasteiger partial charge in [0.15, 0.2) is 0 Å². The van der Waals surface area contributed by atoms with Gasteiger partial charge in [-0.15, -0.1) is 11.8 Å². The van der Waals surface area contributed by atoms with Gasteiger partial charge >= 0.3 is 0 Å². The molecule has 2 aromatic carbocycles. The van der Waals surface area contributed by atoms with Crippen LogP contribution in [0.3, 0.4) is 0 Å². The lowest BCUT2D eigenvalue weighted by molar-refractivity contribution is -0.128. The zero-order chi connectivity index (χ0) is 19.8. The standard InChI is InChI=1S/C24H26N2O2S/c27-22-15-29-24(26(22)14-16-4-2-1-3-5-16)19-10-8-18(9-11-19)23(28)25-21-13-17-6-7-20(21)12-17/h1-5,8-11,17,20-21,24H,6-7,12-15H2,(H,25,28)/t17-,20+,21-,24-/m0/s1. The van der Waals surface area contributed by atoms with Crippen LogP contribution in [-0.4, -0.2) is 28.5 Å². The molecule has 4 atom stereocenters. The van der Waals surface area contributed by atoms with E-state index in [1.165, 1.54) is 19.3 Å². The summed E-state index contributed by atoms with van der Waals surface area (Å²) in [6, 6.07) is 18.3. The van der Waals surface area contributed by atoms with Crippen molar-refractivity contribution in [3.8, 4) is 0 Å². The topological polar surface area (TPSA) is 49.4 Å². The molecule has 0 aromatic heterocycles. The van der Waals surface area contributed by atoms with Gasteiger partial charge in [-0.05, 0) is 54.4 Å². The third kappa shape index (κ3) is 3.80. The first-order valence-corrected chi connectivity index (χ1v) is 11.6. The van der Waals surface area contributed by atoms with Crippen molar-refractivity contribution >= 4 is 23.6 Å². The van der Waals surface area contributed by atoms with Gasteiger partial charge in [0.2, 0.25) is 5.91 Å². The maximum atomic E-state index is 12.7. The molecule has 29 heavy (non-hydrogen) atoms. The Morgan fingerprint density at radius 3 is 2.52 bits per heavy atom. The Morgan fingerprint density at radius 1 is 1.03 bits per heavy atom. The van der Waals surface area contributed by atoms with Crippen molar-refractivity contribution in [2.45, 2.75) is 43.6 Å². The summed E-state index contributed by atoms with van der Waals surface area (Å²) >= 11 is 1.66. The van der Waals surface area contributed by atoms with Crippen molar-refractivity contribution in [2.24, 2.45) is 11.8 Å². The van der Waals surface area contributed by atoms with Crippen molar-refractivity contribution in [3.63, 3.8) is 0 Å². The predicted molar refractivity (Wildman–Crippen MR) is 115 cm³/mol. The van der Waals surface area contributed by atoms with E-state index < -0.39 is 0 Å². The molecular formula is C24H26N2O2S. The lowest BCUT2D eigenvalue weighted by atomic mass is 9.95. The van der Waals surface area contributed by atoms with Crippen molar-refractivity contribution < 1.29 is 9.59 Å². The summed E-state index contributed by atoms with van der Waals surface area (Å²) in [5.74, 6) is 2.20. The van der Waals surface area contributed by atoms with Crippen LogP contribution >= 0.6 is 11.8 Å². The molecule has 150 valence electrons. The van der Waals surface area contributed by atoms with E-state index in [1.54, 1.807) is 11.8 Å². The third-order valence-corrected chi connectivity index (χ3v) is 7.93. The van der Waals surface area contributed by atoms with E-state index in [0.717, 1.165) is 23.5 Å². The molecule has 2 aromatic rings. The number of nitrogens with one attached hydrogen (secondary N) is 1. The van der Waals surface area contributed by atoms with Crippen LogP contribution in [0.2, 0.25) is 0 Å². The number of hydrogen-bond acceptors (Lipinski definition) is 3. The quantitative estimate of drug-likeness (QED) is 0.802. The highest BCUT2D eigenvalue weighted by Gasteiger charge is 2.40. The SMILES string of the molecule is O=C(N[C@H]1C[C@H]2CC[C@@H]1C2)c1ccc([C@@H]2SCC(=O)N2Cc2ccccc2)cc1. The smallest absolute Gasteiger partial charge is 0.251 e. The van der Waals surface area contributed by atoms with E-state index >= 15 is 0 Å². The lowest BCUT2D eigenvalue weighted by Crippen LogP contribution is -2.38. The largest absolute Gasteiger partial charge is 0.349 e. The van der Waals surface area contributed by atoms with E-state index in [4.69, 9.17) is 0 Å². The molecule has 5 heteroatoms. The van der Waals surface area contributed by atoms with Crippen molar-refractivity contribution in [1.29, 1.82) is 0 Å². The number of carbonyl (C=O) groups is 2. The van der Waals surface area contributed by atoms with E-state index in [9.17, 15) is 9.59 Å². The van der Waals surface area contributed by atoms with Gasteiger partial charge in [-0.2, -0.15) is 0 Å². The number of hydrogen-bond donors (Lipinski definition) is 1. The molecule has 2 aliphatic carbocycles. The van der Waals surface area contributed by atoms with Crippen LogP contribution in [-0.2, 0) is 11.3 Å². The summed E-state index contributed by atoms with van der Waals surface area (Å²) < 4.78 is 0. The molecule has 2 bridgehead atoms. The van der Waals surface area contributed by atoms with E-state index in [2.05, 4.69) is 17.4 Å². The first-order chi connectivity index (χ1) is 14.2. The van der Waals surface area contributed by atoms with Crippen molar-refractivity contribution in [2.75, 3.05) is 5.75 Å². The molecule has 1 heterocycles. The second-order valence-corrected chi connectivity index (χ2v) is 9.62. The molecule has 3 fully saturated rings. The maximum Gasteiger partial charge on any atom is 0.251 e. The van der Waals surface area contributed by atoms with Gasteiger partial charge in [0.1, 0.15) is 5.37 Å². The monoisotopic (exact) mass is 406 g/mol. The fourth-order valence-corrected chi connectivity index (χ4v) is 6.34. The highest BCUT2D eigenvalue weighted by Crippen LogP contribution is 2.44. The van der Waals surface area contributed by atoms with Crippen LogP contribution in [0, 0.1) is 11.8 Å². The van der Waals surface area contributed by atoms with Crippen LogP contribution in [0.1, 0.15) is 52.5 Å². The number of fused-ring (bicyclic) bond motifs is 2. The predicted octanol–water partition coefficient (Wildman–Crippen LogP) is 4.38. The van der Waals surface area contributed by atoms with Crippen LogP contribution in [0.5, 0.6) is 0 Å². The van der Waals surface area contributed by atoms with Gasteiger partial charge in [0, 0.05) is 18.2 Å². The van der Waals surface area contributed by atoms with Crippen molar-refractivity contribution in [3.05, 3.63) is 71.3 Å². The van der Waals surface area contributed by atoms with E-state index in [1.807, 2.05) is 47.4 Å². The summed E-state index contributed by atoms with van der Waals surface area (Å²) in [4.78, 5) is 27.1. The second kappa shape index (κ2) is 7.86. The Hall–Kier alpha value is -2.27. The third-order valence-electron chi connectivity index (χ3n) is 6.68. The molecule has 2 saturated carbocycles. The average molecular weight is 407 g/mol. The molecule has 0 radical (unpaired) electrons. The summed E-state index contributed by atoms with van der Waals surface area (Å²) in [5.41, 5.74) is 2.92. The molecular weight excluding hydrogens is 380 g/mol. The van der Waals surface area contributed by atoms with Gasteiger partial charge < -0.3 is 10.2 Å². The van der Waals surface area contributed by atoms with Gasteiger partial charge in [-0.1, -0.05) is 48.9 Å². The zero-order valence-electron chi connectivity index (χ0n) is 16.4. The number of nitrogens with zero attached hydrogens (tertiary/aromatic N) is 1. The van der Waals surface area contributed by atoms with Crippen LogP contribution < -0.4 is 5.32 Å². The first kappa shape index (κ1) is 18.7. The Bertz CT molecular complexity index is 899. The Kier molecular flexibility index (Phi) is 5.08. The number of carbonyl (C=O) groups excluding carboxylic acids is 2. The van der Waals surface area contributed by atoms with Gasteiger partial charge in [-0.25, -0.2) is 0 Å². The fraction of sp³-hybridized carbons (Fsp3) is 0.417. The first-order valence-electron chi connectivity index (χ1n) is 10.5. The second-order valence-electron chi connectivity index (χ2n) is 8.55. The number of thioether (sulfide) groups is 1. The molecule has 3 aliphatic rings. The Labute approximate surface area is 176 Å². The fourth-order valence-electron chi connectivity index (χ4n) is 5.15. The van der Waals surface area contributed by atoms with Gasteiger partial charge in [0.05, 0.1) is 5.75 Å². The van der Waals surface area contributed by atoms with Gasteiger partial charge in [0.25, 0.3) is 5.91 Å². The summed E-state index contributed by atoms with van der Waals surface area (Å²) in [6.07, 6.45) is 5.03. The van der Waals surface area contributed by atoms with Crippen LogP contribution in [0.15, 0.2) is 54.6 Å². The summed E-state index contributed by atoms with van der Waals surface area (Å²) in [7, 11) is 0. The zero-order valence-corrected chi connectivity index (χ0v) is 17.2. The molecule has 0 spiro atoms. The summed E-state index contributed by atoms with van der Waals surface area (Å²) in [5, 5.41) is 3.26. The molecule has 1 aliphatic heterocycles. The van der Waals surface area contributed by atoms with Gasteiger partial charge in [-0.3, -0.25) is 9.59 Å². The average Bonchev–Trinajstić information content (AvgIpc) is 3.46. The number of benzene rings is 2. The molecule has 1 saturated heterocycles. The molecule has 0 unspecified atom stereocenters. The van der Waals surface area contributed by atoms with Crippen molar-refractivity contribution in [1.82, 2.24) is 10.2 Å². The number of amides is 2. The highest BCUT2D eigenvalue weighted by atomic mass is 32.2. The minimum Gasteiger partial charge on any atom is -0.349 e. The van der Waals surface area contributed by atoms with E-state index in [0.29, 0.717) is 29.8 Å². The molecule has 5 rings (SSSR count). The van der Waals surface area contributed by atoms with E-state index in [-0.39, 0.29) is 17.2 Å². The normalized spacial score (nSPS) is 28.1. The van der Waals surface area contributed by atoms with Crippen LogP contribution in [0.4, 0.5) is 0 Å². The molecule has 2 amide bonds. The maximum absolute atomic E-state index is 12.7. The Balaban J connectivity index is 1.26. The summed E-state index contributed by atoms with van der Waals surface area (Å²) in [6.45, 7) is 0.615. The van der Waals surface area contributed by atoms with Crippen LogP contribution in [0.25, 0.3) is 0 Å². The minimum absolute atomic E-state index is 0.00499. The minimum atomic E-state index is 0.00499. The number of rotatable bonds is 5. The molecule has 1 N–H and O–H groups in total. The highest BCUT2D eigenvalue weighted by molar-refractivity contribution is 8.00. The Morgan fingerprint density at radius 2 is 1.83 bits per heavy atom. The molecule has 4 nitrogen and oxygen atoms in total. The lowest BCUT2D eigenvalue weighted by Gasteiger charge is -2.25.